The molecular weight excluding hydrogens is 162 g/mol. The van der Waals surface area contributed by atoms with Crippen LogP contribution in [-0.4, -0.2) is 4.76 Å². The number of hydrogen-bond acceptors (Lipinski definition) is 1. The Labute approximate surface area is 70.5 Å². The van der Waals surface area contributed by atoms with E-state index in [0.29, 0.717) is 0 Å². The zero-order valence-electron chi connectivity index (χ0n) is 5.73. The summed E-state index contributed by atoms with van der Waals surface area (Å²) in [5.41, 5.74) is 1.74. The molecule has 0 atom stereocenters. The van der Waals surface area contributed by atoms with Gasteiger partial charge in [-0.3, -0.25) is 0 Å². The lowest BCUT2D eigenvalue weighted by atomic mass is 10.2. The normalized spacial score (nSPS) is 12.5. The van der Waals surface area contributed by atoms with Gasteiger partial charge in [0.25, 0.3) is 5.69 Å². The van der Waals surface area contributed by atoms with Crippen LogP contribution in [0.4, 0.5) is 5.69 Å². The van der Waals surface area contributed by atoms with Crippen molar-refractivity contribution in [2.75, 3.05) is 0 Å². The Hall–Kier alpha value is -1.15. The fourth-order valence-electron chi connectivity index (χ4n) is 1.06. The van der Waals surface area contributed by atoms with Crippen molar-refractivity contribution in [3.63, 3.8) is 0 Å². The maximum absolute atomic E-state index is 10.9. The number of fused-ring (bicyclic) bond motifs is 1. The van der Waals surface area contributed by atoms with Gasteiger partial charge in [0.1, 0.15) is 0 Å². The van der Waals surface area contributed by atoms with Gasteiger partial charge in [-0.25, -0.2) is 0 Å². The van der Waals surface area contributed by atoms with Gasteiger partial charge in [0, 0.05) is 17.0 Å². The van der Waals surface area contributed by atoms with Gasteiger partial charge in [-0.1, -0.05) is 12.1 Å². The van der Waals surface area contributed by atoms with Crippen LogP contribution in [0.1, 0.15) is 5.56 Å². The van der Waals surface area contributed by atoms with Gasteiger partial charge in [0.15, 0.2) is 0 Å². The van der Waals surface area contributed by atoms with Crippen molar-refractivity contribution in [3.05, 3.63) is 40.9 Å². The number of nitrogens with zero attached hydrogens (tertiary/aromatic N) is 1. The first kappa shape index (κ1) is 7.95. The molecular formula is C8H7ClNO+. The molecule has 1 heterocycles. The van der Waals surface area contributed by atoms with Crippen LogP contribution in [0, 0.1) is 4.91 Å². The second kappa shape index (κ2) is 2.84. The Balaban J connectivity index is 0.000000605. The first-order valence-corrected chi connectivity index (χ1v) is 3.11. The molecule has 0 N–H and O–H groups in total. The molecule has 0 unspecified atom stereocenters. The fourth-order valence-corrected chi connectivity index (χ4v) is 1.06. The standard InChI is InChI=1S/C8H6NO.ClH/c10-9-6-5-7-3-1-2-4-8(7)9;/h1-6H;1H/q+1;. The van der Waals surface area contributed by atoms with Crippen molar-refractivity contribution in [1.29, 1.82) is 0 Å². The average molecular weight is 169 g/mol. The molecule has 3 heteroatoms. The monoisotopic (exact) mass is 168 g/mol. The minimum atomic E-state index is 0. The number of rotatable bonds is 0. The Morgan fingerprint density at radius 3 is 2.64 bits per heavy atom. The van der Waals surface area contributed by atoms with E-state index in [1.807, 2.05) is 30.3 Å². The molecule has 1 aliphatic rings. The van der Waals surface area contributed by atoms with Crippen molar-refractivity contribution in [1.82, 2.24) is 0 Å². The number of halogens is 1. The topological polar surface area (TPSA) is 20.1 Å². The van der Waals surface area contributed by atoms with Crippen LogP contribution >= 0.6 is 12.4 Å². The molecule has 0 saturated heterocycles. The van der Waals surface area contributed by atoms with E-state index in [9.17, 15) is 4.91 Å². The number of hydrogen-bond donors (Lipinski definition) is 0. The van der Waals surface area contributed by atoms with E-state index in [-0.39, 0.29) is 12.4 Å². The lowest BCUT2D eigenvalue weighted by Gasteiger charge is -1.84. The molecule has 0 aliphatic carbocycles. The molecule has 0 radical (unpaired) electrons. The van der Waals surface area contributed by atoms with Crippen LogP contribution in [0.5, 0.6) is 0 Å². The fraction of sp³-hybridized carbons (Fsp3) is 0. The minimum Gasteiger partial charge on any atom is -0.147 e. The van der Waals surface area contributed by atoms with E-state index >= 15 is 0 Å². The molecule has 2 rings (SSSR count). The SMILES string of the molecule is Cl.O=[N+]1C=Cc2ccccc21. The number of benzene rings is 1. The number of para-hydroxylation sites is 1. The summed E-state index contributed by atoms with van der Waals surface area (Å²) in [7, 11) is 0. The van der Waals surface area contributed by atoms with Gasteiger partial charge in [-0.2, -0.15) is 0 Å². The third-order valence-corrected chi connectivity index (χ3v) is 1.56. The molecule has 0 aromatic heterocycles. The predicted molar refractivity (Wildman–Crippen MR) is 46.0 cm³/mol. The smallest absolute Gasteiger partial charge is 0.147 e. The molecule has 1 aromatic rings. The maximum atomic E-state index is 10.9. The molecule has 0 spiro atoms. The van der Waals surface area contributed by atoms with E-state index < -0.39 is 0 Å². The first-order valence-electron chi connectivity index (χ1n) is 3.11. The van der Waals surface area contributed by atoms with Crippen LogP contribution in [0.15, 0.2) is 30.5 Å². The van der Waals surface area contributed by atoms with Gasteiger partial charge in [-0.15, -0.1) is 12.4 Å². The summed E-state index contributed by atoms with van der Waals surface area (Å²) in [5, 5.41) is 0. The molecule has 0 fully saturated rings. The third kappa shape index (κ3) is 1.17. The second-order valence-electron chi connectivity index (χ2n) is 2.20. The molecule has 2 nitrogen and oxygen atoms in total. The lowest BCUT2D eigenvalue weighted by Crippen LogP contribution is -1.83. The van der Waals surface area contributed by atoms with Gasteiger partial charge in [-0.05, 0) is 6.07 Å². The summed E-state index contributed by atoms with van der Waals surface area (Å²) >= 11 is 0. The van der Waals surface area contributed by atoms with Crippen LogP contribution in [0.3, 0.4) is 0 Å². The van der Waals surface area contributed by atoms with Crippen LogP contribution < -0.4 is 0 Å². The molecule has 56 valence electrons. The van der Waals surface area contributed by atoms with E-state index in [2.05, 4.69) is 0 Å². The largest absolute Gasteiger partial charge is 0.270 e. The summed E-state index contributed by atoms with van der Waals surface area (Å²) in [5.74, 6) is 0. The highest BCUT2D eigenvalue weighted by Crippen LogP contribution is 2.24. The Morgan fingerprint density at radius 1 is 1.18 bits per heavy atom. The van der Waals surface area contributed by atoms with Crippen molar-refractivity contribution in [2.45, 2.75) is 0 Å². The van der Waals surface area contributed by atoms with Crippen molar-refractivity contribution in [3.8, 4) is 0 Å². The molecule has 1 aliphatic heterocycles. The van der Waals surface area contributed by atoms with Crippen LogP contribution in [0.2, 0.25) is 0 Å². The van der Waals surface area contributed by atoms with E-state index in [0.717, 1.165) is 16.0 Å². The predicted octanol–water partition coefficient (Wildman–Crippen LogP) is 2.50. The van der Waals surface area contributed by atoms with Crippen molar-refractivity contribution in [2.24, 2.45) is 0 Å². The van der Waals surface area contributed by atoms with Gasteiger partial charge >= 0.3 is 0 Å². The highest BCUT2D eigenvalue weighted by Gasteiger charge is 2.19. The Kier molecular flexibility index (Phi) is 2.06. The molecule has 0 bridgehead atoms. The molecule has 11 heavy (non-hydrogen) atoms. The van der Waals surface area contributed by atoms with Gasteiger partial charge in [0.05, 0.1) is 10.3 Å². The van der Waals surface area contributed by atoms with Crippen LogP contribution in [-0.2, 0) is 0 Å². The average Bonchev–Trinajstić information content (AvgIpc) is 2.34. The zero-order chi connectivity index (χ0) is 6.97. The van der Waals surface area contributed by atoms with Crippen LogP contribution in [0.25, 0.3) is 6.08 Å². The maximum Gasteiger partial charge on any atom is 0.270 e. The summed E-state index contributed by atoms with van der Waals surface area (Å²) in [6.45, 7) is 0. The molecule has 0 saturated carbocycles. The van der Waals surface area contributed by atoms with Crippen molar-refractivity contribution < 1.29 is 4.76 Å². The van der Waals surface area contributed by atoms with Crippen molar-refractivity contribution >= 4 is 24.2 Å². The van der Waals surface area contributed by atoms with Gasteiger partial charge in [0.2, 0.25) is 6.20 Å². The van der Waals surface area contributed by atoms with E-state index in [4.69, 9.17) is 0 Å². The summed E-state index contributed by atoms with van der Waals surface area (Å²) in [6, 6.07) is 7.51. The Morgan fingerprint density at radius 2 is 1.91 bits per heavy atom. The van der Waals surface area contributed by atoms with E-state index in [1.54, 1.807) is 0 Å². The summed E-state index contributed by atoms with van der Waals surface area (Å²) < 4.78 is 0.870. The third-order valence-electron chi connectivity index (χ3n) is 1.56. The molecule has 0 amide bonds. The summed E-state index contributed by atoms with van der Waals surface area (Å²) in [4.78, 5) is 10.9. The number of nitroso groups, excluding NO2 is 1. The highest BCUT2D eigenvalue weighted by molar-refractivity contribution is 5.85. The lowest BCUT2D eigenvalue weighted by molar-refractivity contribution is -0.379. The van der Waals surface area contributed by atoms with E-state index in [1.165, 1.54) is 6.20 Å². The first-order chi connectivity index (χ1) is 4.88. The second-order valence-corrected chi connectivity index (χ2v) is 2.20. The molecule has 1 aromatic carbocycles. The Bertz CT molecular complexity index is 320. The van der Waals surface area contributed by atoms with Gasteiger partial charge < -0.3 is 0 Å². The summed E-state index contributed by atoms with van der Waals surface area (Å²) in [6.07, 6.45) is 3.33. The minimum absolute atomic E-state index is 0. The quantitative estimate of drug-likeness (QED) is 0.545. The highest BCUT2D eigenvalue weighted by atomic mass is 35.5. The zero-order valence-corrected chi connectivity index (χ0v) is 6.54.